The SMILES string of the molecule is CCOCCCNc1ccc(S(N)(=O)=O)cc1. The second-order valence-corrected chi connectivity index (χ2v) is 5.11. The summed E-state index contributed by atoms with van der Waals surface area (Å²) >= 11 is 0. The lowest BCUT2D eigenvalue weighted by molar-refractivity contribution is 0.147. The van der Waals surface area contributed by atoms with Crippen LogP contribution in [0, 0.1) is 0 Å². The van der Waals surface area contributed by atoms with Gasteiger partial charge in [-0.15, -0.1) is 0 Å². The molecule has 0 saturated heterocycles. The maximum atomic E-state index is 11.0. The minimum Gasteiger partial charge on any atom is -0.385 e. The van der Waals surface area contributed by atoms with E-state index in [1.54, 1.807) is 12.1 Å². The van der Waals surface area contributed by atoms with Crippen LogP contribution in [0.5, 0.6) is 0 Å². The van der Waals surface area contributed by atoms with Gasteiger partial charge in [-0.05, 0) is 37.6 Å². The quantitative estimate of drug-likeness (QED) is 0.719. The van der Waals surface area contributed by atoms with Crippen LogP contribution < -0.4 is 10.5 Å². The predicted molar refractivity (Wildman–Crippen MR) is 67.4 cm³/mol. The average Bonchev–Trinajstić information content (AvgIpc) is 2.28. The van der Waals surface area contributed by atoms with Crippen molar-refractivity contribution in [3.05, 3.63) is 24.3 Å². The fraction of sp³-hybridized carbons (Fsp3) is 0.455. The van der Waals surface area contributed by atoms with Gasteiger partial charge in [-0.1, -0.05) is 0 Å². The highest BCUT2D eigenvalue weighted by molar-refractivity contribution is 7.89. The standard InChI is InChI=1S/C11H18N2O3S/c1-2-16-9-3-8-13-10-4-6-11(7-5-10)17(12,14)15/h4-7,13H,2-3,8-9H2,1H3,(H2,12,14,15). The van der Waals surface area contributed by atoms with E-state index in [0.29, 0.717) is 0 Å². The zero-order valence-electron chi connectivity index (χ0n) is 9.85. The van der Waals surface area contributed by atoms with E-state index in [2.05, 4.69) is 5.32 Å². The summed E-state index contributed by atoms with van der Waals surface area (Å²) < 4.78 is 27.2. The van der Waals surface area contributed by atoms with Crippen molar-refractivity contribution in [2.75, 3.05) is 25.1 Å². The highest BCUT2D eigenvalue weighted by Gasteiger charge is 2.06. The fourth-order valence-corrected chi connectivity index (χ4v) is 1.83. The van der Waals surface area contributed by atoms with E-state index in [0.717, 1.165) is 31.9 Å². The van der Waals surface area contributed by atoms with Gasteiger partial charge in [0, 0.05) is 25.4 Å². The summed E-state index contributed by atoms with van der Waals surface area (Å²) in [5.74, 6) is 0. The molecule has 6 heteroatoms. The molecule has 0 fully saturated rings. The Hall–Kier alpha value is -1.11. The average molecular weight is 258 g/mol. The minimum absolute atomic E-state index is 0.123. The lowest BCUT2D eigenvalue weighted by Gasteiger charge is -2.07. The van der Waals surface area contributed by atoms with Crippen molar-refractivity contribution < 1.29 is 13.2 Å². The largest absolute Gasteiger partial charge is 0.385 e. The van der Waals surface area contributed by atoms with Gasteiger partial charge in [0.05, 0.1) is 4.90 Å². The van der Waals surface area contributed by atoms with Crippen LogP contribution >= 0.6 is 0 Å². The van der Waals surface area contributed by atoms with Crippen LogP contribution in [0.4, 0.5) is 5.69 Å². The smallest absolute Gasteiger partial charge is 0.238 e. The van der Waals surface area contributed by atoms with Gasteiger partial charge in [-0.3, -0.25) is 0 Å². The number of primary sulfonamides is 1. The van der Waals surface area contributed by atoms with Gasteiger partial charge in [0.1, 0.15) is 0 Å². The van der Waals surface area contributed by atoms with Crippen molar-refractivity contribution >= 4 is 15.7 Å². The lowest BCUT2D eigenvalue weighted by atomic mass is 10.3. The maximum absolute atomic E-state index is 11.0. The molecule has 1 aromatic carbocycles. The molecule has 0 aliphatic heterocycles. The summed E-state index contributed by atoms with van der Waals surface area (Å²) in [7, 11) is -3.60. The number of anilines is 1. The molecular weight excluding hydrogens is 240 g/mol. The number of hydrogen-bond acceptors (Lipinski definition) is 4. The summed E-state index contributed by atoms with van der Waals surface area (Å²) in [4.78, 5) is 0.123. The number of hydrogen-bond donors (Lipinski definition) is 2. The predicted octanol–water partition coefficient (Wildman–Crippen LogP) is 1.17. The molecule has 0 amide bonds. The highest BCUT2D eigenvalue weighted by atomic mass is 32.2. The van der Waals surface area contributed by atoms with Crippen LogP contribution in [-0.4, -0.2) is 28.2 Å². The Morgan fingerprint density at radius 3 is 2.47 bits per heavy atom. The molecule has 0 aliphatic rings. The number of nitrogens with two attached hydrogens (primary N) is 1. The van der Waals surface area contributed by atoms with E-state index in [1.165, 1.54) is 12.1 Å². The van der Waals surface area contributed by atoms with Crippen molar-refractivity contribution in [2.45, 2.75) is 18.2 Å². The molecule has 17 heavy (non-hydrogen) atoms. The van der Waals surface area contributed by atoms with Gasteiger partial charge in [-0.2, -0.15) is 0 Å². The summed E-state index contributed by atoms with van der Waals surface area (Å²) in [6.07, 6.45) is 0.908. The first-order chi connectivity index (χ1) is 8.04. The molecule has 0 unspecified atom stereocenters. The molecule has 0 bridgehead atoms. The normalized spacial score (nSPS) is 11.4. The molecule has 0 spiro atoms. The Morgan fingerprint density at radius 2 is 1.94 bits per heavy atom. The Balaban J connectivity index is 2.41. The number of ether oxygens (including phenoxy) is 1. The van der Waals surface area contributed by atoms with E-state index < -0.39 is 10.0 Å². The molecular formula is C11H18N2O3S. The van der Waals surface area contributed by atoms with Gasteiger partial charge >= 0.3 is 0 Å². The molecule has 1 aromatic rings. The molecule has 0 radical (unpaired) electrons. The van der Waals surface area contributed by atoms with Gasteiger partial charge in [0.25, 0.3) is 0 Å². The molecule has 5 nitrogen and oxygen atoms in total. The van der Waals surface area contributed by atoms with Crippen molar-refractivity contribution in [1.82, 2.24) is 0 Å². The van der Waals surface area contributed by atoms with Crippen LogP contribution in [0.3, 0.4) is 0 Å². The van der Waals surface area contributed by atoms with E-state index in [-0.39, 0.29) is 4.90 Å². The number of rotatable bonds is 7. The van der Waals surface area contributed by atoms with Gasteiger partial charge < -0.3 is 10.1 Å². The fourth-order valence-electron chi connectivity index (χ4n) is 1.31. The molecule has 3 N–H and O–H groups in total. The lowest BCUT2D eigenvalue weighted by Crippen LogP contribution is -2.12. The Bertz CT molecular complexity index is 429. The third-order valence-corrected chi connectivity index (χ3v) is 3.11. The number of benzene rings is 1. The number of sulfonamides is 1. The monoisotopic (exact) mass is 258 g/mol. The van der Waals surface area contributed by atoms with E-state index in [1.807, 2.05) is 6.92 Å². The zero-order valence-corrected chi connectivity index (χ0v) is 10.7. The molecule has 0 atom stereocenters. The summed E-state index contributed by atoms with van der Waals surface area (Å²) in [6, 6.07) is 6.36. The maximum Gasteiger partial charge on any atom is 0.238 e. The first kappa shape index (κ1) is 14.0. The van der Waals surface area contributed by atoms with Crippen LogP contribution in [-0.2, 0) is 14.8 Å². The first-order valence-electron chi connectivity index (χ1n) is 5.48. The minimum atomic E-state index is -3.60. The second-order valence-electron chi connectivity index (χ2n) is 3.55. The third-order valence-electron chi connectivity index (χ3n) is 2.18. The Kier molecular flexibility index (Phi) is 5.40. The van der Waals surface area contributed by atoms with Crippen LogP contribution in [0.2, 0.25) is 0 Å². The zero-order chi connectivity index (χ0) is 12.7. The molecule has 96 valence electrons. The highest BCUT2D eigenvalue weighted by Crippen LogP contribution is 2.12. The first-order valence-corrected chi connectivity index (χ1v) is 7.03. The third kappa shape index (κ3) is 5.16. The van der Waals surface area contributed by atoms with Crippen molar-refractivity contribution in [3.8, 4) is 0 Å². The summed E-state index contributed by atoms with van der Waals surface area (Å²) in [5, 5.41) is 8.16. The van der Waals surface area contributed by atoms with E-state index >= 15 is 0 Å². The van der Waals surface area contributed by atoms with Crippen LogP contribution in [0.1, 0.15) is 13.3 Å². The molecule has 1 rings (SSSR count). The van der Waals surface area contributed by atoms with Crippen molar-refractivity contribution in [3.63, 3.8) is 0 Å². The van der Waals surface area contributed by atoms with E-state index in [4.69, 9.17) is 9.88 Å². The van der Waals surface area contributed by atoms with Gasteiger partial charge in [0.2, 0.25) is 10.0 Å². The second kappa shape index (κ2) is 6.58. The Morgan fingerprint density at radius 1 is 1.29 bits per heavy atom. The topological polar surface area (TPSA) is 81.4 Å². The van der Waals surface area contributed by atoms with E-state index in [9.17, 15) is 8.42 Å². The molecule has 0 saturated carbocycles. The molecule has 0 aromatic heterocycles. The molecule has 0 heterocycles. The Labute approximate surface area is 102 Å². The van der Waals surface area contributed by atoms with Crippen LogP contribution in [0.15, 0.2) is 29.2 Å². The summed E-state index contributed by atoms with van der Waals surface area (Å²) in [6.45, 7) is 4.19. The van der Waals surface area contributed by atoms with Crippen LogP contribution in [0.25, 0.3) is 0 Å². The van der Waals surface area contributed by atoms with Crippen molar-refractivity contribution in [1.29, 1.82) is 0 Å². The summed E-state index contributed by atoms with van der Waals surface area (Å²) in [5.41, 5.74) is 0.869. The van der Waals surface area contributed by atoms with Gasteiger partial charge in [-0.25, -0.2) is 13.6 Å². The molecule has 0 aliphatic carbocycles. The van der Waals surface area contributed by atoms with Crippen molar-refractivity contribution in [2.24, 2.45) is 5.14 Å². The number of nitrogens with one attached hydrogen (secondary N) is 1. The van der Waals surface area contributed by atoms with Gasteiger partial charge in [0.15, 0.2) is 0 Å².